The molecule has 1 heterocycles. The molecular weight excluding hydrogens is 160 g/mol. The minimum Gasteiger partial charge on any atom is -0.480 e. The van der Waals surface area contributed by atoms with E-state index in [9.17, 15) is 4.79 Å². The zero-order valence-corrected chi connectivity index (χ0v) is 6.99. The summed E-state index contributed by atoms with van der Waals surface area (Å²) in [5.74, 6) is -0.925. The predicted octanol–water partition coefficient (Wildman–Crippen LogP) is 0.657. The molecule has 1 fully saturated rings. The van der Waals surface area contributed by atoms with Gasteiger partial charge in [0.15, 0.2) is 0 Å². The third-order valence-corrected chi connectivity index (χ3v) is 1.80. The molecule has 4 heteroatoms. The first-order chi connectivity index (χ1) is 5.79. The Hall–Kier alpha value is -0.610. The van der Waals surface area contributed by atoms with E-state index in [0.717, 1.165) is 25.9 Å². The molecule has 0 radical (unpaired) electrons. The van der Waals surface area contributed by atoms with Gasteiger partial charge in [0.1, 0.15) is 6.61 Å². The number of carbonyl (C=O) groups is 1. The zero-order valence-electron chi connectivity index (χ0n) is 6.99. The van der Waals surface area contributed by atoms with Crippen LogP contribution in [0.3, 0.4) is 0 Å². The Morgan fingerprint density at radius 3 is 3.00 bits per heavy atom. The molecular formula is C8H14O4. The van der Waals surface area contributed by atoms with Gasteiger partial charge in [0, 0.05) is 6.61 Å². The average molecular weight is 174 g/mol. The standard InChI is InChI=1S/C8H14O4/c9-8(10)6-11-5-7-3-1-2-4-12-7/h7H,1-6H2,(H,9,10). The molecule has 0 bridgehead atoms. The molecule has 1 N–H and O–H groups in total. The van der Waals surface area contributed by atoms with Crippen molar-refractivity contribution in [3.63, 3.8) is 0 Å². The molecule has 0 aromatic heterocycles. The van der Waals surface area contributed by atoms with Gasteiger partial charge < -0.3 is 14.6 Å². The van der Waals surface area contributed by atoms with Crippen molar-refractivity contribution in [2.45, 2.75) is 25.4 Å². The molecule has 1 aliphatic heterocycles. The molecule has 1 unspecified atom stereocenters. The van der Waals surface area contributed by atoms with Crippen molar-refractivity contribution >= 4 is 5.97 Å². The van der Waals surface area contributed by atoms with E-state index in [0.29, 0.717) is 6.61 Å². The molecule has 0 saturated carbocycles. The molecule has 0 aromatic rings. The summed E-state index contributed by atoms with van der Waals surface area (Å²) in [6, 6.07) is 0. The number of aliphatic carboxylic acids is 1. The zero-order chi connectivity index (χ0) is 8.81. The lowest BCUT2D eigenvalue weighted by molar-refractivity contribution is -0.144. The van der Waals surface area contributed by atoms with Crippen LogP contribution < -0.4 is 0 Å². The van der Waals surface area contributed by atoms with Crippen LogP contribution in [-0.2, 0) is 14.3 Å². The van der Waals surface area contributed by atoms with Gasteiger partial charge in [-0.05, 0) is 19.3 Å². The fraction of sp³-hybridized carbons (Fsp3) is 0.875. The predicted molar refractivity (Wildman–Crippen MR) is 42.0 cm³/mol. The van der Waals surface area contributed by atoms with Crippen LogP contribution in [0.2, 0.25) is 0 Å². The summed E-state index contributed by atoms with van der Waals surface area (Å²) < 4.78 is 10.3. The third kappa shape index (κ3) is 3.69. The van der Waals surface area contributed by atoms with Crippen LogP contribution in [0.25, 0.3) is 0 Å². The lowest BCUT2D eigenvalue weighted by Gasteiger charge is -2.21. The number of hydrogen-bond acceptors (Lipinski definition) is 3. The summed E-state index contributed by atoms with van der Waals surface area (Å²) >= 11 is 0. The lowest BCUT2D eigenvalue weighted by Crippen LogP contribution is -2.25. The average Bonchev–Trinajstić information content (AvgIpc) is 2.05. The van der Waals surface area contributed by atoms with Gasteiger partial charge >= 0.3 is 5.97 Å². The number of carboxylic acid groups (broad SMARTS) is 1. The maximum absolute atomic E-state index is 10.1. The van der Waals surface area contributed by atoms with Gasteiger partial charge in [-0.15, -0.1) is 0 Å². The molecule has 0 aliphatic carbocycles. The van der Waals surface area contributed by atoms with Crippen molar-refractivity contribution in [1.82, 2.24) is 0 Å². The van der Waals surface area contributed by atoms with Crippen LogP contribution in [0.5, 0.6) is 0 Å². The molecule has 0 amide bonds. The molecule has 0 spiro atoms. The maximum Gasteiger partial charge on any atom is 0.329 e. The van der Waals surface area contributed by atoms with Crippen LogP contribution in [0.1, 0.15) is 19.3 Å². The Labute approximate surface area is 71.5 Å². The second kappa shape index (κ2) is 5.11. The number of rotatable bonds is 4. The van der Waals surface area contributed by atoms with Crippen molar-refractivity contribution in [2.24, 2.45) is 0 Å². The second-order valence-electron chi connectivity index (χ2n) is 2.90. The lowest BCUT2D eigenvalue weighted by atomic mass is 10.1. The Bertz CT molecular complexity index is 140. The van der Waals surface area contributed by atoms with Gasteiger partial charge in [0.05, 0.1) is 12.7 Å². The highest BCUT2D eigenvalue weighted by atomic mass is 16.5. The number of hydrogen-bond donors (Lipinski definition) is 1. The fourth-order valence-electron chi connectivity index (χ4n) is 1.22. The molecule has 1 saturated heterocycles. The van der Waals surface area contributed by atoms with Crippen LogP contribution in [-0.4, -0.2) is 37.0 Å². The Morgan fingerprint density at radius 2 is 2.42 bits per heavy atom. The molecule has 70 valence electrons. The van der Waals surface area contributed by atoms with E-state index in [1.807, 2.05) is 0 Å². The summed E-state index contributed by atoms with van der Waals surface area (Å²) in [5.41, 5.74) is 0. The minimum absolute atomic E-state index is 0.109. The minimum atomic E-state index is -0.925. The monoisotopic (exact) mass is 174 g/mol. The van der Waals surface area contributed by atoms with Crippen LogP contribution in [0.15, 0.2) is 0 Å². The van der Waals surface area contributed by atoms with Crippen molar-refractivity contribution in [2.75, 3.05) is 19.8 Å². The van der Waals surface area contributed by atoms with Crippen LogP contribution in [0, 0.1) is 0 Å². The first kappa shape index (κ1) is 9.48. The first-order valence-electron chi connectivity index (χ1n) is 4.20. The van der Waals surface area contributed by atoms with E-state index in [1.54, 1.807) is 0 Å². The number of ether oxygens (including phenoxy) is 2. The van der Waals surface area contributed by atoms with Gasteiger partial charge in [-0.1, -0.05) is 0 Å². The summed E-state index contributed by atoms with van der Waals surface area (Å²) in [6.45, 7) is 0.966. The number of carboxylic acids is 1. The Kier molecular flexibility index (Phi) is 4.04. The summed E-state index contributed by atoms with van der Waals surface area (Å²) in [6.07, 6.45) is 3.36. The molecule has 12 heavy (non-hydrogen) atoms. The van der Waals surface area contributed by atoms with Crippen LogP contribution >= 0.6 is 0 Å². The van der Waals surface area contributed by atoms with E-state index in [2.05, 4.69) is 0 Å². The SMILES string of the molecule is O=C(O)COCC1CCCCO1. The molecule has 1 atom stereocenters. The highest BCUT2D eigenvalue weighted by Gasteiger charge is 2.13. The van der Waals surface area contributed by atoms with Gasteiger partial charge in [-0.3, -0.25) is 0 Å². The summed E-state index contributed by atoms with van der Waals surface area (Å²) in [5, 5.41) is 8.28. The smallest absolute Gasteiger partial charge is 0.329 e. The summed E-state index contributed by atoms with van der Waals surface area (Å²) in [7, 11) is 0. The Morgan fingerprint density at radius 1 is 1.58 bits per heavy atom. The first-order valence-corrected chi connectivity index (χ1v) is 4.20. The van der Waals surface area contributed by atoms with Gasteiger partial charge in [0.2, 0.25) is 0 Å². The third-order valence-electron chi connectivity index (χ3n) is 1.80. The van der Waals surface area contributed by atoms with Crippen molar-refractivity contribution in [3.05, 3.63) is 0 Å². The van der Waals surface area contributed by atoms with Crippen molar-refractivity contribution in [3.8, 4) is 0 Å². The van der Waals surface area contributed by atoms with E-state index in [1.165, 1.54) is 0 Å². The van der Waals surface area contributed by atoms with Gasteiger partial charge in [-0.2, -0.15) is 0 Å². The Balaban J connectivity index is 2.01. The van der Waals surface area contributed by atoms with Gasteiger partial charge in [-0.25, -0.2) is 4.79 Å². The van der Waals surface area contributed by atoms with Gasteiger partial charge in [0.25, 0.3) is 0 Å². The van der Waals surface area contributed by atoms with E-state index in [4.69, 9.17) is 14.6 Å². The maximum atomic E-state index is 10.1. The summed E-state index contributed by atoms with van der Waals surface area (Å²) in [4.78, 5) is 10.1. The van der Waals surface area contributed by atoms with Crippen LogP contribution in [0.4, 0.5) is 0 Å². The highest BCUT2D eigenvalue weighted by molar-refractivity contribution is 5.67. The molecule has 1 rings (SSSR count). The molecule has 0 aromatic carbocycles. The van der Waals surface area contributed by atoms with E-state index in [-0.39, 0.29) is 12.7 Å². The topological polar surface area (TPSA) is 55.8 Å². The molecule has 1 aliphatic rings. The highest BCUT2D eigenvalue weighted by Crippen LogP contribution is 2.12. The second-order valence-corrected chi connectivity index (χ2v) is 2.90. The fourth-order valence-corrected chi connectivity index (χ4v) is 1.22. The quantitative estimate of drug-likeness (QED) is 0.680. The van der Waals surface area contributed by atoms with Crippen molar-refractivity contribution in [1.29, 1.82) is 0 Å². The normalized spacial score (nSPS) is 23.8. The largest absolute Gasteiger partial charge is 0.480 e. The van der Waals surface area contributed by atoms with Crippen molar-refractivity contribution < 1.29 is 19.4 Å². The van der Waals surface area contributed by atoms with E-state index >= 15 is 0 Å². The van der Waals surface area contributed by atoms with E-state index < -0.39 is 5.97 Å². The molecule has 4 nitrogen and oxygen atoms in total.